The Morgan fingerprint density at radius 2 is 1.90 bits per heavy atom. The summed E-state index contributed by atoms with van der Waals surface area (Å²) >= 11 is 1.54. The fourth-order valence-electron chi connectivity index (χ4n) is 3.27. The van der Waals surface area contributed by atoms with E-state index in [4.69, 9.17) is 13.9 Å². The van der Waals surface area contributed by atoms with Crippen LogP contribution in [-0.2, 0) is 0 Å². The fourth-order valence-corrected chi connectivity index (χ4v) is 4.20. The van der Waals surface area contributed by atoms with Gasteiger partial charge in [-0.1, -0.05) is 24.3 Å². The molecule has 1 aliphatic rings. The van der Waals surface area contributed by atoms with Gasteiger partial charge in [-0.05, 0) is 36.4 Å². The molecule has 1 unspecified atom stereocenters. The molecule has 2 aromatic heterocycles. The number of fused-ring (bicyclic) bond motifs is 2. The van der Waals surface area contributed by atoms with Crippen molar-refractivity contribution in [2.45, 2.75) is 6.10 Å². The predicted octanol–water partition coefficient (Wildman–Crippen LogP) is 4.47. The van der Waals surface area contributed by atoms with Gasteiger partial charge < -0.3 is 18.8 Å². The topological polar surface area (TPSA) is 64.8 Å². The van der Waals surface area contributed by atoms with Gasteiger partial charge in [-0.15, -0.1) is 11.3 Å². The average Bonchev–Trinajstić information content (AvgIpc) is 3.40. The number of furan rings is 1. The standard InChI is InChI=1S/C22H18N2O4S/c1-24(12-14-13-26-16-7-3-4-8-17(16)27-14)22(25)19-11-10-18(28-19)21-23-15-6-2-5-9-20(15)29-21/h2-11,14H,12-13H2,1H3. The normalized spacial score (nSPS) is 15.4. The molecule has 0 saturated carbocycles. The molecule has 0 spiro atoms. The predicted molar refractivity (Wildman–Crippen MR) is 111 cm³/mol. The second kappa shape index (κ2) is 7.25. The third-order valence-electron chi connectivity index (χ3n) is 4.71. The van der Waals surface area contributed by atoms with Crippen LogP contribution in [0.15, 0.2) is 65.1 Å². The molecule has 0 bridgehead atoms. The van der Waals surface area contributed by atoms with Crippen LogP contribution in [0.1, 0.15) is 10.6 Å². The molecule has 0 N–H and O–H groups in total. The van der Waals surface area contributed by atoms with Gasteiger partial charge in [-0.3, -0.25) is 4.79 Å². The molecule has 146 valence electrons. The SMILES string of the molecule is CN(CC1COc2ccccc2O1)C(=O)c1ccc(-c2nc3ccccc3s2)o1. The van der Waals surface area contributed by atoms with E-state index in [1.807, 2.05) is 48.5 Å². The summed E-state index contributed by atoms with van der Waals surface area (Å²) in [6.07, 6.45) is -0.238. The lowest BCUT2D eigenvalue weighted by atomic mass is 10.2. The van der Waals surface area contributed by atoms with Crippen molar-refractivity contribution >= 4 is 27.5 Å². The van der Waals surface area contributed by atoms with Gasteiger partial charge in [0.15, 0.2) is 34.1 Å². The van der Waals surface area contributed by atoms with Crippen LogP contribution in [0, 0.1) is 0 Å². The Morgan fingerprint density at radius 1 is 1.10 bits per heavy atom. The van der Waals surface area contributed by atoms with Crippen LogP contribution in [0.25, 0.3) is 21.0 Å². The van der Waals surface area contributed by atoms with E-state index in [1.165, 1.54) is 11.3 Å². The Bertz CT molecular complexity index is 1150. The zero-order valence-corrected chi connectivity index (χ0v) is 16.5. The van der Waals surface area contributed by atoms with E-state index in [9.17, 15) is 4.79 Å². The molecule has 0 fully saturated rings. The number of rotatable bonds is 4. The number of benzene rings is 2. The molecule has 1 aliphatic heterocycles. The van der Waals surface area contributed by atoms with E-state index in [-0.39, 0.29) is 17.8 Å². The van der Waals surface area contributed by atoms with Crippen molar-refractivity contribution < 1.29 is 18.7 Å². The molecule has 4 aromatic rings. The van der Waals surface area contributed by atoms with Crippen molar-refractivity contribution in [2.24, 2.45) is 0 Å². The number of hydrogen-bond acceptors (Lipinski definition) is 6. The Labute approximate surface area is 171 Å². The maximum atomic E-state index is 12.8. The third kappa shape index (κ3) is 3.45. The second-order valence-corrected chi connectivity index (χ2v) is 7.86. The largest absolute Gasteiger partial charge is 0.486 e. The van der Waals surface area contributed by atoms with E-state index in [0.717, 1.165) is 21.0 Å². The minimum Gasteiger partial charge on any atom is -0.486 e. The van der Waals surface area contributed by atoms with E-state index in [2.05, 4.69) is 4.98 Å². The first-order chi connectivity index (χ1) is 14.2. The molecule has 1 atom stereocenters. The number of ether oxygens (including phenoxy) is 2. The van der Waals surface area contributed by atoms with Crippen molar-refractivity contribution in [2.75, 3.05) is 20.2 Å². The summed E-state index contributed by atoms with van der Waals surface area (Å²) in [6, 6.07) is 18.9. The van der Waals surface area contributed by atoms with Gasteiger partial charge in [0.1, 0.15) is 6.61 Å². The molecule has 6 nitrogen and oxygen atoms in total. The molecule has 0 radical (unpaired) electrons. The lowest BCUT2D eigenvalue weighted by Crippen LogP contribution is -2.41. The highest BCUT2D eigenvalue weighted by molar-refractivity contribution is 7.21. The van der Waals surface area contributed by atoms with Gasteiger partial charge >= 0.3 is 0 Å². The zero-order valence-electron chi connectivity index (χ0n) is 15.7. The molecule has 1 amide bonds. The number of carbonyl (C=O) groups excluding carboxylic acids is 1. The number of hydrogen-bond donors (Lipinski definition) is 0. The molecule has 3 heterocycles. The van der Waals surface area contributed by atoms with E-state index in [0.29, 0.717) is 24.7 Å². The highest BCUT2D eigenvalue weighted by Gasteiger charge is 2.25. The van der Waals surface area contributed by atoms with Crippen LogP contribution >= 0.6 is 11.3 Å². The summed E-state index contributed by atoms with van der Waals surface area (Å²) < 4.78 is 18.6. The number of para-hydroxylation sites is 3. The summed E-state index contributed by atoms with van der Waals surface area (Å²) in [5.74, 6) is 2.08. The van der Waals surface area contributed by atoms with Crippen molar-refractivity contribution in [3.63, 3.8) is 0 Å². The van der Waals surface area contributed by atoms with E-state index >= 15 is 0 Å². The summed E-state index contributed by atoms with van der Waals surface area (Å²) in [7, 11) is 1.73. The van der Waals surface area contributed by atoms with Gasteiger partial charge in [0, 0.05) is 7.05 Å². The van der Waals surface area contributed by atoms with Crippen LogP contribution < -0.4 is 9.47 Å². The van der Waals surface area contributed by atoms with Crippen molar-refractivity contribution in [1.29, 1.82) is 0 Å². The molecule has 29 heavy (non-hydrogen) atoms. The molecule has 5 rings (SSSR count). The van der Waals surface area contributed by atoms with Crippen LogP contribution in [0.3, 0.4) is 0 Å². The second-order valence-electron chi connectivity index (χ2n) is 6.83. The van der Waals surface area contributed by atoms with Crippen LogP contribution in [0.5, 0.6) is 11.5 Å². The molecule has 0 aliphatic carbocycles. The minimum absolute atomic E-state index is 0.209. The summed E-state index contributed by atoms with van der Waals surface area (Å²) in [4.78, 5) is 19.0. The van der Waals surface area contributed by atoms with Gasteiger partial charge in [0.05, 0.1) is 16.8 Å². The van der Waals surface area contributed by atoms with E-state index < -0.39 is 0 Å². The van der Waals surface area contributed by atoms with Crippen molar-refractivity contribution in [1.82, 2.24) is 9.88 Å². The van der Waals surface area contributed by atoms with Crippen LogP contribution in [0.4, 0.5) is 0 Å². The quantitative estimate of drug-likeness (QED) is 0.500. The fraction of sp³-hybridized carbons (Fsp3) is 0.182. The number of likely N-dealkylation sites (N-methyl/N-ethyl adjacent to an activating group) is 1. The number of nitrogens with zero attached hydrogens (tertiary/aromatic N) is 2. The maximum Gasteiger partial charge on any atom is 0.289 e. The highest BCUT2D eigenvalue weighted by atomic mass is 32.1. The number of thiazole rings is 1. The lowest BCUT2D eigenvalue weighted by molar-refractivity contribution is 0.0502. The Hall–Kier alpha value is -3.32. The summed E-state index contributed by atoms with van der Waals surface area (Å²) in [6.45, 7) is 0.786. The summed E-state index contributed by atoms with van der Waals surface area (Å²) in [5, 5.41) is 0.758. The Balaban J connectivity index is 1.28. The van der Waals surface area contributed by atoms with Gasteiger partial charge in [0.25, 0.3) is 5.91 Å². The molecular formula is C22H18N2O4S. The van der Waals surface area contributed by atoms with E-state index in [1.54, 1.807) is 24.1 Å². The molecule has 7 heteroatoms. The first-order valence-electron chi connectivity index (χ1n) is 9.27. The number of aromatic nitrogens is 1. The minimum atomic E-state index is -0.238. The molecule has 0 saturated heterocycles. The van der Waals surface area contributed by atoms with Crippen molar-refractivity contribution in [3.05, 3.63) is 66.4 Å². The summed E-state index contributed by atoms with van der Waals surface area (Å²) in [5.41, 5.74) is 0.920. The Morgan fingerprint density at radius 3 is 2.76 bits per heavy atom. The molecular weight excluding hydrogens is 388 g/mol. The maximum absolute atomic E-state index is 12.8. The number of amides is 1. The monoisotopic (exact) mass is 406 g/mol. The van der Waals surface area contributed by atoms with Gasteiger partial charge in [0.2, 0.25) is 0 Å². The first kappa shape index (κ1) is 17.8. The first-order valence-corrected chi connectivity index (χ1v) is 10.1. The zero-order chi connectivity index (χ0) is 19.8. The van der Waals surface area contributed by atoms with Crippen molar-refractivity contribution in [3.8, 4) is 22.3 Å². The molecule has 2 aromatic carbocycles. The highest BCUT2D eigenvalue weighted by Crippen LogP contribution is 2.32. The van der Waals surface area contributed by atoms with Gasteiger partial charge in [-0.2, -0.15) is 0 Å². The lowest BCUT2D eigenvalue weighted by Gasteiger charge is -2.29. The third-order valence-corrected chi connectivity index (χ3v) is 5.76. The smallest absolute Gasteiger partial charge is 0.289 e. The van der Waals surface area contributed by atoms with Crippen LogP contribution in [-0.4, -0.2) is 42.1 Å². The Kier molecular flexibility index (Phi) is 4.44. The average molecular weight is 406 g/mol. The number of carbonyl (C=O) groups is 1. The van der Waals surface area contributed by atoms with Gasteiger partial charge in [-0.25, -0.2) is 4.98 Å². The van der Waals surface area contributed by atoms with Crippen LogP contribution in [0.2, 0.25) is 0 Å².